The second-order valence-electron chi connectivity index (χ2n) is 12.8. The maximum Gasteiger partial charge on any atom is 0.311 e. The zero-order valence-corrected chi connectivity index (χ0v) is 27.6. The van der Waals surface area contributed by atoms with Gasteiger partial charge in [-0.05, 0) is 18.2 Å². The summed E-state index contributed by atoms with van der Waals surface area (Å²) in [6, 6.07) is 7.11. The number of nitrogens with one attached hydrogen (secondary N) is 1. The molecule has 17 nitrogen and oxygen atoms in total. The Labute approximate surface area is 291 Å². The molecule has 2 aromatic rings. The molecule has 1 fully saturated rings. The molecule has 0 bridgehead atoms. The van der Waals surface area contributed by atoms with Crippen molar-refractivity contribution in [2.45, 2.75) is 68.0 Å². The van der Waals surface area contributed by atoms with Gasteiger partial charge in [-0.3, -0.25) is 14.7 Å². The minimum atomic E-state index is -1.87. The van der Waals surface area contributed by atoms with E-state index < -0.39 is 67.4 Å². The molecule has 17 heteroatoms. The number of carbonyl (C=O) groups is 2. The molecular weight excluding hydrogens is 672 g/mol. The van der Waals surface area contributed by atoms with Gasteiger partial charge in [-0.15, -0.1) is 0 Å². The number of aliphatic imine (C=N–C) groups is 1. The first-order chi connectivity index (χ1) is 24.5. The molecule has 8 N–H and O–H groups in total. The second-order valence-corrected chi connectivity index (χ2v) is 12.8. The van der Waals surface area contributed by atoms with Gasteiger partial charge in [0.15, 0.2) is 17.6 Å². The number of aliphatic hydroxyl groups excluding tert-OH is 3. The first-order valence-corrected chi connectivity index (χ1v) is 16.2. The summed E-state index contributed by atoms with van der Waals surface area (Å²) in [5, 5.41) is 43.4. The number of aliphatic carboxylic acids is 1. The number of fused-ring (bicyclic) bond motifs is 6. The number of nitrogens with zero attached hydrogens (tertiary/aromatic N) is 1. The fourth-order valence-corrected chi connectivity index (χ4v) is 7.18. The fourth-order valence-electron chi connectivity index (χ4n) is 7.18. The van der Waals surface area contributed by atoms with Crippen molar-refractivity contribution in [3.8, 4) is 28.7 Å². The standard InChI is InChI=1S/C34H38N4O13/c1-45-20-4-3-17-18-13-47-21-8-16(48-34-27(44)25(42)26(43)31(51-34)32(33(35)36)49-23(41)9-22(39)40)7-15(11-38-10-14-5-6-37-19(14)12-38)24(21)28(18)50-29(17)30(20)46-2/h3-8,10,18,25-28,31-34,42-44H,9,11-13,35-36H2,1-2H3,(H,39,40)/t18-,25-,26-,27+,28-,31-,32-,34-/m0/s1. The topological polar surface area (TPSA) is 251 Å². The van der Waals surface area contributed by atoms with Gasteiger partial charge >= 0.3 is 5.97 Å². The summed E-state index contributed by atoms with van der Waals surface area (Å²) < 4.78 is 41.2. The second kappa shape index (κ2) is 13.8. The molecule has 5 aliphatic rings. The molecule has 1 unspecified atom stereocenters. The first kappa shape index (κ1) is 34.7. The smallest absolute Gasteiger partial charge is 0.311 e. The number of methoxy groups -OCH3 is 2. The molecule has 272 valence electrons. The summed E-state index contributed by atoms with van der Waals surface area (Å²) in [6.07, 6.45) is -7.69. The highest BCUT2D eigenvalue weighted by Gasteiger charge is 2.51. The van der Waals surface area contributed by atoms with Crippen LogP contribution in [0.15, 0.2) is 53.3 Å². The van der Waals surface area contributed by atoms with Crippen LogP contribution in [0.5, 0.6) is 28.7 Å². The molecule has 5 aliphatic heterocycles. The number of allylic oxidation sites excluding steroid dienone is 1. The number of hydrogen-bond acceptors (Lipinski definition) is 16. The van der Waals surface area contributed by atoms with Crippen LogP contribution < -0.4 is 45.2 Å². The molecule has 0 spiro atoms. The summed E-state index contributed by atoms with van der Waals surface area (Å²) in [5.74, 6) is -0.966. The molecule has 2 aromatic carbocycles. The lowest BCUT2D eigenvalue weighted by molar-refractivity contribution is -0.848. The van der Waals surface area contributed by atoms with E-state index in [0.717, 1.165) is 32.9 Å². The van der Waals surface area contributed by atoms with Crippen LogP contribution in [0.1, 0.15) is 35.1 Å². The molecule has 5 heterocycles. The Morgan fingerprint density at radius 3 is 2.63 bits per heavy atom. The Morgan fingerprint density at radius 1 is 1.12 bits per heavy atom. The van der Waals surface area contributed by atoms with Crippen LogP contribution in [0.2, 0.25) is 0 Å². The van der Waals surface area contributed by atoms with Gasteiger partial charge in [0.2, 0.25) is 12.0 Å². The Balaban J connectivity index is 1.21. The van der Waals surface area contributed by atoms with Crippen molar-refractivity contribution in [3.63, 3.8) is 0 Å². The lowest BCUT2D eigenvalue weighted by Crippen LogP contribution is -3.05. The van der Waals surface area contributed by atoms with Crippen molar-refractivity contribution in [1.29, 1.82) is 0 Å². The van der Waals surface area contributed by atoms with Crippen molar-refractivity contribution in [2.24, 2.45) is 16.5 Å². The van der Waals surface area contributed by atoms with Gasteiger partial charge in [0.1, 0.15) is 67.0 Å². The highest BCUT2D eigenvalue weighted by Crippen LogP contribution is 2.57. The summed E-state index contributed by atoms with van der Waals surface area (Å²) in [6.45, 7) is 1.35. The van der Waals surface area contributed by atoms with Crippen molar-refractivity contribution in [3.05, 3.63) is 65.0 Å². The third kappa shape index (κ3) is 6.37. The molecule has 0 aromatic heterocycles. The van der Waals surface area contributed by atoms with Crippen LogP contribution >= 0.6 is 0 Å². The molecule has 0 aliphatic carbocycles. The van der Waals surface area contributed by atoms with E-state index in [-0.39, 0.29) is 18.3 Å². The van der Waals surface area contributed by atoms with Crippen molar-refractivity contribution in [2.75, 3.05) is 27.4 Å². The number of ether oxygens (including phenoxy) is 7. The average Bonchev–Trinajstić information content (AvgIpc) is 3.80. The first-order valence-electron chi connectivity index (χ1n) is 16.2. The van der Waals surface area contributed by atoms with Gasteiger partial charge in [0.05, 0.1) is 50.9 Å². The van der Waals surface area contributed by atoms with Crippen LogP contribution in [-0.4, -0.2) is 103 Å². The van der Waals surface area contributed by atoms with E-state index in [1.54, 1.807) is 32.6 Å². The monoisotopic (exact) mass is 710 g/mol. The third-order valence-electron chi connectivity index (χ3n) is 9.55. The maximum atomic E-state index is 12.1. The third-order valence-corrected chi connectivity index (χ3v) is 9.55. The van der Waals surface area contributed by atoms with Crippen molar-refractivity contribution in [1.82, 2.24) is 0 Å². The number of benzene rings is 2. The number of carboxylic acids is 1. The molecule has 51 heavy (non-hydrogen) atoms. The Morgan fingerprint density at radius 2 is 1.92 bits per heavy atom. The molecule has 7 rings (SSSR count). The van der Waals surface area contributed by atoms with E-state index in [1.807, 2.05) is 18.2 Å². The Kier molecular flexibility index (Phi) is 9.36. The predicted octanol–water partition coefficient (Wildman–Crippen LogP) is -2.95. The van der Waals surface area contributed by atoms with Gasteiger partial charge < -0.3 is 69.8 Å². The molecule has 0 amide bonds. The number of carbonyl (C=O) groups excluding carboxylic acids is 2. The number of rotatable bonds is 11. The number of nitrogens with two attached hydrogens (primary N) is 2. The van der Waals surface area contributed by atoms with Crippen LogP contribution in [0.25, 0.3) is 0 Å². The minimum Gasteiger partial charge on any atom is -0.550 e. The van der Waals surface area contributed by atoms with E-state index in [2.05, 4.69) is 11.2 Å². The summed E-state index contributed by atoms with van der Waals surface area (Å²) in [4.78, 5) is 28.6. The lowest BCUT2D eigenvalue weighted by atomic mass is 9.86. The molecule has 0 radical (unpaired) electrons. The van der Waals surface area contributed by atoms with E-state index in [9.17, 15) is 30.0 Å². The van der Waals surface area contributed by atoms with Crippen LogP contribution in [0.3, 0.4) is 0 Å². The quantitative estimate of drug-likeness (QED) is 0.0775. The largest absolute Gasteiger partial charge is 0.550 e. The van der Waals surface area contributed by atoms with Crippen LogP contribution in [-0.2, 0) is 25.6 Å². The normalized spacial score (nSPS) is 29.0. The van der Waals surface area contributed by atoms with Gasteiger partial charge in [-0.1, -0.05) is 6.07 Å². The van der Waals surface area contributed by atoms with E-state index in [4.69, 9.17) is 44.6 Å². The number of carboxylic acid groups (broad SMARTS) is 1. The maximum absolute atomic E-state index is 12.1. The Bertz CT molecular complexity index is 1810. The van der Waals surface area contributed by atoms with Crippen molar-refractivity contribution >= 4 is 17.7 Å². The lowest BCUT2D eigenvalue weighted by Gasteiger charge is -2.43. The summed E-state index contributed by atoms with van der Waals surface area (Å²) in [7, 11) is 3.10. The minimum absolute atomic E-state index is 0.172. The Hall–Kier alpha value is -4.75. The van der Waals surface area contributed by atoms with E-state index in [1.165, 1.54) is 0 Å². The van der Waals surface area contributed by atoms with E-state index >= 15 is 0 Å². The predicted molar refractivity (Wildman–Crippen MR) is 171 cm³/mol. The number of esters is 1. The number of aliphatic hydroxyl groups is 3. The number of quaternary nitrogens is 1. The van der Waals surface area contributed by atoms with Gasteiger partial charge in [-0.2, -0.15) is 0 Å². The summed E-state index contributed by atoms with van der Waals surface area (Å²) in [5.41, 5.74) is 16.1. The SMILES string of the molecule is COc1ccc2c(c1OC)O[C@@H]1c3c(C[NH+]4C=C5C=CN=C5C4)cc(O[C@H]4O[C@H]([C@H](OC(=O)CC(=O)[O-])C(N)N)[C@@H](O)[C@H](O)[C@H]4O)cc3OC[C@@H]21. The van der Waals surface area contributed by atoms with Crippen LogP contribution in [0, 0.1) is 0 Å². The molecule has 0 saturated carbocycles. The van der Waals surface area contributed by atoms with E-state index in [0.29, 0.717) is 36.1 Å². The number of hydrogen-bond donors (Lipinski definition) is 6. The molecule has 1 saturated heterocycles. The molecular formula is C34H38N4O13. The fraction of sp³-hybridized carbons (Fsp3) is 0.441. The van der Waals surface area contributed by atoms with Gasteiger partial charge in [-0.25, -0.2) is 0 Å². The van der Waals surface area contributed by atoms with Crippen molar-refractivity contribution < 1.29 is 68.1 Å². The van der Waals surface area contributed by atoms with Crippen LogP contribution in [0.4, 0.5) is 0 Å². The van der Waals surface area contributed by atoms with Gasteiger partial charge in [0, 0.05) is 29.0 Å². The molecule has 9 atom stereocenters. The highest BCUT2D eigenvalue weighted by atomic mass is 16.7. The highest BCUT2D eigenvalue weighted by molar-refractivity contribution is 6.06. The van der Waals surface area contributed by atoms with Gasteiger partial charge in [0.25, 0.3) is 0 Å². The summed E-state index contributed by atoms with van der Waals surface area (Å²) >= 11 is 0. The average molecular weight is 711 g/mol. The zero-order chi connectivity index (χ0) is 36.1. The zero-order valence-electron chi connectivity index (χ0n) is 27.6.